The Balaban J connectivity index is 1.72. The molecule has 4 heteroatoms. The number of anilines is 1. The first-order chi connectivity index (χ1) is 11.8. The molecule has 1 aromatic heterocycles. The summed E-state index contributed by atoms with van der Waals surface area (Å²) in [6.45, 7) is 3.74. The minimum atomic E-state index is 0.279. The second-order valence-electron chi connectivity index (χ2n) is 6.30. The van der Waals surface area contributed by atoms with Crippen LogP contribution in [0.15, 0.2) is 48.5 Å². The first-order valence-electron chi connectivity index (χ1n) is 8.49. The average molecular weight is 319 g/mol. The van der Waals surface area contributed by atoms with Gasteiger partial charge in [0.2, 0.25) is 0 Å². The molecule has 2 aromatic carbocycles. The highest BCUT2D eigenvalue weighted by molar-refractivity contribution is 5.90. The number of hydrogen-bond acceptors (Lipinski definition) is 4. The predicted molar refractivity (Wildman–Crippen MR) is 97.2 cm³/mol. The van der Waals surface area contributed by atoms with Crippen LogP contribution in [-0.4, -0.2) is 29.2 Å². The smallest absolute Gasteiger partial charge is 0.162 e. The van der Waals surface area contributed by atoms with Crippen LogP contribution in [0.4, 0.5) is 5.82 Å². The van der Waals surface area contributed by atoms with Crippen molar-refractivity contribution in [3.63, 3.8) is 0 Å². The van der Waals surface area contributed by atoms with E-state index in [9.17, 15) is 0 Å². The fraction of sp³-hybridized carbons (Fsp3) is 0.300. The molecule has 0 saturated carbocycles. The molecule has 1 aliphatic rings. The van der Waals surface area contributed by atoms with Gasteiger partial charge in [-0.05, 0) is 38.0 Å². The van der Waals surface area contributed by atoms with Crippen LogP contribution in [0.5, 0.6) is 0 Å². The van der Waals surface area contributed by atoms with E-state index < -0.39 is 0 Å². The maximum atomic E-state index is 5.71. The second kappa shape index (κ2) is 6.57. The number of hydrogen-bond donors (Lipinski definition) is 1. The third-order valence-electron chi connectivity index (χ3n) is 4.40. The van der Waals surface area contributed by atoms with E-state index >= 15 is 0 Å². The summed E-state index contributed by atoms with van der Waals surface area (Å²) in [7, 11) is 0. The van der Waals surface area contributed by atoms with Crippen molar-refractivity contribution in [3.05, 3.63) is 54.1 Å². The lowest BCUT2D eigenvalue weighted by molar-refractivity contribution is 0.120. The normalized spacial score (nSPS) is 17.3. The Bertz CT molecular complexity index is 856. The first kappa shape index (κ1) is 15.1. The van der Waals surface area contributed by atoms with Gasteiger partial charge in [-0.1, -0.05) is 35.9 Å². The third kappa shape index (κ3) is 3.10. The van der Waals surface area contributed by atoms with Crippen molar-refractivity contribution in [1.29, 1.82) is 0 Å². The molecule has 0 radical (unpaired) electrons. The number of aromatic nitrogens is 2. The molecule has 3 aromatic rings. The fourth-order valence-electron chi connectivity index (χ4n) is 3.14. The molecule has 0 bridgehead atoms. The Morgan fingerprint density at radius 3 is 2.88 bits per heavy atom. The second-order valence-corrected chi connectivity index (χ2v) is 6.30. The predicted octanol–water partition coefficient (Wildman–Crippen LogP) is 4.20. The summed E-state index contributed by atoms with van der Waals surface area (Å²) in [5.41, 5.74) is 3.21. The van der Waals surface area contributed by atoms with Crippen LogP contribution >= 0.6 is 0 Å². The van der Waals surface area contributed by atoms with Crippen LogP contribution in [0.3, 0.4) is 0 Å². The van der Waals surface area contributed by atoms with Crippen LogP contribution < -0.4 is 5.32 Å². The van der Waals surface area contributed by atoms with Gasteiger partial charge < -0.3 is 10.1 Å². The van der Waals surface area contributed by atoms with Crippen LogP contribution in [-0.2, 0) is 4.74 Å². The van der Waals surface area contributed by atoms with Crippen molar-refractivity contribution in [2.45, 2.75) is 25.9 Å². The molecule has 0 spiro atoms. The van der Waals surface area contributed by atoms with Crippen molar-refractivity contribution in [1.82, 2.24) is 9.97 Å². The quantitative estimate of drug-likeness (QED) is 0.783. The molecule has 0 amide bonds. The van der Waals surface area contributed by atoms with Crippen LogP contribution in [0.1, 0.15) is 18.4 Å². The van der Waals surface area contributed by atoms with Gasteiger partial charge >= 0.3 is 0 Å². The van der Waals surface area contributed by atoms with Gasteiger partial charge in [0.05, 0.1) is 11.6 Å². The molecule has 1 fully saturated rings. The summed E-state index contributed by atoms with van der Waals surface area (Å²) >= 11 is 0. The summed E-state index contributed by atoms with van der Waals surface area (Å²) in [6.07, 6.45) is 2.53. The highest BCUT2D eigenvalue weighted by Gasteiger charge is 2.16. The summed E-state index contributed by atoms with van der Waals surface area (Å²) in [5, 5.41) is 4.53. The van der Waals surface area contributed by atoms with Gasteiger partial charge in [0.15, 0.2) is 5.82 Å². The molecule has 4 rings (SSSR count). The van der Waals surface area contributed by atoms with E-state index in [0.29, 0.717) is 0 Å². The summed E-state index contributed by atoms with van der Waals surface area (Å²) in [6, 6.07) is 16.4. The highest BCUT2D eigenvalue weighted by Crippen LogP contribution is 2.25. The molecule has 1 atom stereocenters. The number of rotatable bonds is 4. The van der Waals surface area contributed by atoms with Gasteiger partial charge in [-0.25, -0.2) is 9.97 Å². The number of ether oxygens (including phenoxy) is 1. The number of aryl methyl sites for hydroxylation is 1. The highest BCUT2D eigenvalue weighted by atomic mass is 16.5. The number of nitrogens with one attached hydrogen (secondary N) is 1. The maximum Gasteiger partial charge on any atom is 0.162 e. The average Bonchev–Trinajstić information content (AvgIpc) is 3.13. The van der Waals surface area contributed by atoms with Gasteiger partial charge in [0, 0.05) is 24.1 Å². The summed E-state index contributed by atoms with van der Waals surface area (Å²) in [4.78, 5) is 9.54. The van der Waals surface area contributed by atoms with Crippen LogP contribution in [0.2, 0.25) is 0 Å². The van der Waals surface area contributed by atoms with E-state index in [-0.39, 0.29) is 6.10 Å². The molecule has 1 unspecified atom stereocenters. The van der Waals surface area contributed by atoms with E-state index in [1.54, 1.807) is 0 Å². The van der Waals surface area contributed by atoms with Crippen molar-refractivity contribution in [3.8, 4) is 11.4 Å². The van der Waals surface area contributed by atoms with E-state index in [2.05, 4.69) is 36.5 Å². The zero-order valence-electron chi connectivity index (χ0n) is 13.8. The third-order valence-corrected chi connectivity index (χ3v) is 4.40. The van der Waals surface area contributed by atoms with Gasteiger partial charge in [-0.2, -0.15) is 0 Å². The lowest BCUT2D eigenvalue weighted by atomic mass is 10.1. The largest absolute Gasteiger partial charge is 0.376 e. The molecule has 122 valence electrons. The number of para-hydroxylation sites is 1. The number of benzene rings is 2. The zero-order valence-corrected chi connectivity index (χ0v) is 13.8. The Morgan fingerprint density at radius 2 is 2.04 bits per heavy atom. The number of fused-ring (bicyclic) bond motifs is 1. The van der Waals surface area contributed by atoms with Gasteiger partial charge in [-0.15, -0.1) is 0 Å². The molecule has 24 heavy (non-hydrogen) atoms. The van der Waals surface area contributed by atoms with Gasteiger partial charge in [0.25, 0.3) is 0 Å². The molecule has 1 N–H and O–H groups in total. The Kier molecular flexibility index (Phi) is 4.13. The molecule has 1 saturated heterocycles. The molecule has 1 aliphatic heterocycles. The summed E-state index contributed by atoms with van der Waals surface area (Å²) < 4.78 is 5.71. The molecule has 2 heterocycles. The van der Waals surface area contributed by atoms with E-state index in [1.807, 2.05) is 24.3 Å². The van der Waals surface area contributed by atoms with Crippen molar-refractivity contribution in [2.24, 2.45) is 0 Å². The topological polar surface area (TPSA) is 47.0 Å². The van der Waals surface area contributed by atoms with Gasteiger partial charge in [0.1, 0.15) is 5.82 Å². The summed E-state index contributed by atoms with van der Waals surface area (Å²) in [5.74, 6) is 1.64. The van der Waals surface area contributed by atoms with Crippen LogP contribution in [0.25, 0.3) is 22.3 Å². The lowest BCUT2D eigenvalue weighted by Crippen LogP contribution is -2.19. The first-order valence-corrected chi connectivity index (χ1v) is 8.49. The molecular weight excluding hydrogens is 298 g/mol. The minimum Gasteiger partial charge on any atom is -0.376 e. The standard InChI is InChI=1S/C20H21N3O/c1-14-6-4-7-15(12-14)19-22-18-10-3-2-9-17(18)20(23-19)21-13-16-8-5-11-24-16/h2-4,6-7,9-10,12,16H,5,8,11,13H2,1H3,(H,21,22,23). The van der Waals surface area contributed by atoms with Crippen molar-refractivity contribution >= 4 is 16.7 Å². The number of nitrogens with zero attached hydrogens (tertiary/aromatic N) is 2. The molecule has 0 aliphatic carbocycles. The monoisotopic (exact) mass is 319 g/mol. The molecule has 4 nitrogen and oxygen atoms in total. The molecular formula is C20H21N3O. The van der Waals surface area contributed by atoms with E-state index in [4.69, 9.17) is 14.7 Å². The minimum absolute atomic E-state index is 0.279. The van der Waals surface area contributed by atoms with E-state index in [0.717, 1.165) is 54.1 Å². The maximum absolute atomic E-state index is 5.71. The fourth-order valence-corrected chi connectivity index (χ4v) is 3.14. The Hall–Kier alpha value is -2.46. The Labute approximate surface area is 141 Å². The van der Waals surface area contributed by atoms with Crippen molar-refractivity contribution in [2.75, 3.05) is 18.5 Å². The zero-order chi connectivity index (χ0) is 16.4. The van der Waals surface area contributed by atoms with Gasteiger partial charge in [-0.3, -0.25) is 0 Å². The lowest BCUT2D eigenvalue weighted by Gasteiger charge is -2.14. The van der Waals surface area contributed by atoms with Crippen molar-refractivity contribution < 1.29 is 4.74 Å². The van der Waals surface area contributed by atoms with Crippen LogP contribution in [0, 0.1) is 6.92 Å². The Morgan fingerprint density at radius 1 is 1.12 bits per heavy atom. The van der Waals surface area contributed by atoms with E-state index in [1.165, 1.54) is 5.56 Å². The SMILES string of the molecule is Cc1cccc(-c2nc(NCC3CCCO3)c3ccccc3n2)c1.